The first-order valence-corrected chi connectivity index (χ1v) is 12.4. The van der Waals surface area contributed by atoms with Crippen molar-refractivity contribution in [2.75, 3.05) is 0 Å². The molecule has 0 amide bonds. The standard InChI is InChI=1S/C27H29N3O2S/c1-27(2,3)26-25(21-30(28-26)24-17-11-6-12-18-24)33(31,32)29(19-22-13-7-4-8-14-22)20-23-15-9-5-10-16-23/h4-18,21H,19-20H2,1-3H3. The van der Waals surface area contributed by atoms with Crippen molar-refractivity contribution in [3.8, 4) is 5.69 Å². The molecule has 0 aliphatic rings. The van der Waals surface area contributed by atoms with Gasteiger partial charge in [0.25, 0.3) is 0 Å². The normalized spacial score (nSPS) is 12.2. The quantitative estimate of drug-likeness (QED) is 0.363. The molecule has 4 aromatic rings. The molecule has 6 heteroatoms. The molecule has 0 bridgehead atoms. The highest BCUT2D eigenvalue weighted by Gasteiger charge is 2.34. The molecule has 0 spiro atoms. The first kappa shape index (κ1) is 23.0. The molecule has 33 heavy (non-hydrogen) atoms. The van der Waals surface area contributed by atoms with Crippen LogP contribution < -0.4 is 0 Å². The molecule has 4 rings (SSSR count). The highest BCUT2D eigenvalue weighted by molar-refractivity contribution is 7.89. The van der Waals surface area contributed by atoms with Crippen LogP contribution in [0.15, 0.2) is 102 Å². The van der Waals surface area contributed by atoms with Crippen LogP contribution in [0.3, 0.4) is 0 Å². The van der Waals surface area contributed by atoms with E-state index >= 15 is 0 Å². The third kappa shape index (κ3) is 5.24. The van der Waals surface area contributed by atoms with Crippen molar-refractivity contribution in [1.29, 1.82) is 0 Å². The van der Waals surface area contributed by atoms with Gasteiger partial charge in [-0.2, -0.15) is 9.40 Å². The third-order valence-corrected chi connectivity index (χ3v) is 7.23. The maximum Gasteiger partial charge on any atom is 0.247 e. The third-order valence-electron chi connectivity index (χ3n) is 5.43. The van der Waals surface area contributed by atoms with E-state index in [1.54, 1.807) is 15.2 Å². The van der Waals surface area contributed by atoms with Crippen LogP contribution in [-0.4, -0.2) is 22.5 Å². The van der Waals surface area contributed by atoms with E-state index in [2.05, 4.69) is 0 Å². The predicted octanol–water partition coefficient (Wildman–Crippen LogP) is 5.56. The van der Waals surface area contributed by atoms with E-state index < -0.39 is 15.4 Å². The van der Waals surface area contributed by atoms with Crippen molar-refractivity contribution in [2.24, 2.45) is 0 Å². The molecule has 1 aromatic heterocycles. The molecule has 0 aliphatic heterocycles. The molecule has 170 valence electrons. The zero-order chi connectivity index (χ0) is 23.5. The van der Waals surface area contributed by atoms with Gasteiger partial charge in [0.15, 0.2) is 0 Å². The van der Waals surface area contributed by atoms with E-state index in [1.165, 1.54) is 0 Å². The van der Waals surface area contributed by atoms with Crippen LogP contribution in [-0.2, 0) is 28.5 Å². The Labute approximate surface area is 196 Å². The predicted molar refractivity (Wildman–Crippen MR) is 132 cm³/mol. The Hall–Kier alpha value is -3.22. The van der Waals surface area contributed by atoms with Crippen LogP contribution in [0, 0.1) is 0 Å². The summed E-state index contributed by atoms with van der Waals surface area (Å²) in [5, 5.41) is 4.73. The Kier molecular flexibility index (Phi) is 6.49. The molecule has 0 radical (unpaired) electrons. The lowest BCUT2D eigenvalue weighted by molar-refractivity contribution is 0.399. The van der Waals surface area contributed by atoms with Crippen molar-refractivity contribution in [3.05, 3.63) is 114 Å². The van der Waals surface area contributed by atoms with Gasteiger partial charge in [-0.25, -0.2) is 13.1 Å². The summed E-state index contributed by atoms with van der Waals surface area (Å²) in [5.41, 5.74) is 2.79. The lowest BCUT2D eigenvalue weighted by Gasteiger charge is -2.24. The van der Waals surface area contributed by atoms with Crippen LogP contribution in [0.5, 0.6) is 0 Å². The van der Waals surface area contributed by atoms with E-state index in [0.29, 0.717) is 5.69 Å². The number of hydrogen-bond donors (Lipinski definition) is 0. The number of hydrogen-bond acceptors (Lipinski definition) is 3. The van der Waals surface area contributed by atoms with Crippen molar-refractivity contribution in [3.63, 3.8) is 0 Å². The van der Waals surface area contributed by atoms with Crippen molar-refractivity contribution in [2.45, 2.75) is 44.2 Å². The minimum atomic E-state index is -3.85. The van der Waals surface area contributed by atoms with Gasteiger partial charge in [-0.15, -0.1) is 0 Å². The Bertz CT molecular complexity index is 1250. The van der Waals surface area contributed by atoms with E-state index in [0.717, 1.165) is 16.8 Å². The largest absolute Gasteiger partial charge is 0.247 e. The summed E-state index contributed by atoms with van der Waals surface area (Å²) in [6.45, 7) is 6.52. The second-order valence-corrected chi connectivity index (χ2v) is 11.0. The number of rotatable bonds is 7. The Balaban J connectivity index is 1.82. The summed E-state index contributed by atoms with van der Waals surface area (Å²) in [5.74, 6) is 0. The zero-order valence-corrected chi connectivity index (χ0v) is 20.0. The number of aromatic nitrogens is 2. The molecular formula is C27H29N3O2S. The second kappa shape index (κ2) is 9.33. The van der Waals surface area contributed by atoms with Gasteiger partial charge in [-0.3, -0.25) is 0 Å². The monoisotopic (exact) mass is 459 g/mol. The summed E-state index contributed by atoms with van der Waals surface area (Å²) in [7, 11) is -3.85. The molecule has 0 saturated heterocycles. The van der Waals surface area contributed by atoms with Gasteiger partial charge in [-0.1, -0.05) is 99.6 Å². The molecule has 5 nitrogen and oxygen atoms in total. The van der Waals surface area contributed by atoms with Crippen LogP contribution in [0.2, 0.25) is 0 Å². The van der Waals surface area contributed by atoms with Gasteiger partial charge in [0, 0.05) is 18.5 Å². The average molecular weight is 460 g/mol. The fourth-order valence-corrected chi connectivity index (χ4v) is 5.46. The van der Waals surface area contributed by atoms with Gasteiger partial charge in [0.1, 0.15) is 4.90 Å². The van der Waals surface area contributed by atoms with Gasteiger partial charge in [0.05, 0.1) is 17.6 Å². The van der Waals surface area contributed by atoms with E-state index in [9.17, 15) is 8.42 Å². The van der Waals surface area contributed by atoms with Gasteiger partial charge >= 0.3 is 0 Å². The van der Waals surface area contributed by atoms with Crippen molar-refractivity contribution < 1.29 is 8.42 Å². The molecule has 0 saturated carbocycles. The summed E-state index contributed by atoms with van der Waals surface area (Å²) in [6.07, 6.45) is 1.65. The minimum absolute atomic E-state index is 0.241. The van der Waals surface area contributed by atoms with Gasteiger partial charge < -0.3 is 0 Å². The summed E-state index contributed by atoms with van der Waals surface area (Å²) in [4.78, 5) is 0.241. The molecule has 3 aromatic carbocycles. The number of nitrogens with zero attached hydrogens (tertiary/aromatic N) is 3. The molecule has 0 N–H and O–H groups in total. The SMILES string of the molecule is CC(C)(C)c1nn(-c2ccccc2)cc1S(=O)(=O)N(Cc1ccccc1)Cc1ccccc1. The fourth-order valence-electron chi connectivity index (χ4n) is 3.72. The highest BCUT2D eigenvalue weighted by atomic mass is 32.2. The summed E-state index contributed by atoms with van der Waals surface area (Å²) < 4.78 is 31.5. The van der Waals surface area contributed by atoms with Gasteiger partial charge in [0.2, 0.25) is 10.0 Å². The Morgan fingerprint density at radius 2 is 1.21 bits per heavy atom. The first-order valence-electron chi connectivity index (χ1n) is 11.0. The number of benzene rings is 3. The van der Waals surface area contributed by atoms with Crippen molar-refractivity contribution in [1.82, 2.24) is 14.1 Å². The lowest BCUT2D eigenvalue weighted by Crippen LogP contribution is -2.32. The average Bonchev–Trinajstić information content (AvgIpc) is 3.28. The smallest absolute Gasteiger partial charge is 0.239 e. The van der Waals surface area contributed by atoms with Crippen molar-refractivity contribution >= 4 is 10.0 Å². The molecular weight excluding hydrogens is 430 g/mol. The topological polar surface area (TPSA) is 55.2 Å². The maximum absolute atomic E-state index is 14.1. The molecule has 0 aliphatic carbocycles. The van der Waals surface area contributed by atoms with E-state index in [1.807, 2.05) is 112 Å². The second-order valence-electron chi connectivity index (χ2n) is 9.12. The van der Waals surface area contributed by atoms with Crippen LogP contribution in [0.1, 0.15) is 37.6 Å². The molecule has 0 atom stereocenters. The molecule has 0 unspecified atom stereocenters. The highest BCUT2D eigenvalue weighted by Crippen LogP contribution is 2.32. The molecule has 0 fully saturated rings. The summed E-state index contributed by atoms with van der Waals surface area (Å²) >= 11 is 0. The molecule has 1 heterocycles. The lowest BCUT2D eigenvalue weighted by atomic mass is 9.92. The van der Waals surface area contributed by atoms with Crippen LogP contribution >= 0.6 is 0 Å². The zero-order valence-electron chi connectivity index (χ0n) is 19.2. The maximum atomic E-state index is 14.1. The fraction of sp³-hybridized carbons (Fsp3) is 0.222. The Morgan fingerprint density at radius 1 is 0.758 bits per heavy atom. The number of sulfonamides is 1. The van der Waals surface area contributed by atoms with E-state index in [4.69, 9.17) is 5.10 Å². The number of para-hydroxylation sites is 1. The first-order chi connectivity index (χ1) is 15.7. The Morgan fingerprint density at radius 3 is 1.67 bits per heavy atom. The summed E-state index contributed by atoms with van der Waals surface area (Å²) in [6, 6.07) is 29.0. The van der Waals surface area contributed by atoms with Gasteiger partial charge in [-0.05, 0) is 23.3 Å². The minimum Gasteiger partial charge on any atom is -0.239 e. The van der Waals surface area contributed by atoms with E-state index in [-0.39, 0.29) is 18.0 Å². The van der Waals surface area contributed by atoms with Crippen LogP contribution in [0.4, 0.5) is 0 Å². The van der Waals surface area contributed by atoms with Crippen LogP contribution in [0.25, 0.3) is 5.69 Å².